The highest BCUT2D eigenvalue weighted by atomic mass is 19.1. The molecule has 1 amide bonds. The molecule has 8 nitrogen and oxygen atoms in total. The third kappa shape index (κ3) is 6.00. The summed E-state index contributed by atoms with van der Waals surface area (Å²) in [5.74, 6) is -1.49. The first-order valence-corrected chi connectivity index (χ1v) is 11.6. The van der Waals surface area contributed by atoms with E-state index in [1.54, 1.807) is 42.6 Å². The van der Waals surface area contributed by atoms with Crippen LogP contribution in [-0.4, -0.2) is 40.3 Å². The first kappa shape index (κ1) is 25.6. The predicted octanol–water partition coefficient (Wildman–Crippen LogP) is 5.15. The second kappa shape index (κ2) is 11.0. The monoisotopic (exact) mass is 503 g/mol. The lowest BCUT2D eigenvalue weighted by Gasteiger charge is -2.13. The number of nitrogens with zero attached hydrogens (tertiary/aromatic N) is 2. The molecule has 0 saturated carbocycles. The van der Waals surface area contributed by atoms with Crippen LogP contribution in [0.5, 0.6) is 5.75 Å². The van der Waals surface area contributed by atoms with Crippen molar-refractivity contribution in [1.29, 1.82) is 0 Å². The van der Waals surface area contributed by atoms with Crippen LogP contribution in [0, 0.1) is 5.82 Å². The standard InChI is InChI=1S/C28H26FN3O5/c1-16(2)31-28(35)37-15-18-4-8-20(9-5-18)23-22-13-19(12-17-6-10-21(29)11-7-17)14-30-24(22)26(33)25(32-23)27(34)36-3/h4-11,13-14,16,33H,12,15H2,1-3H3,(H,31,35). The third-order valence-electron chi connectivity index (χ3n) is 5.58. The average Bonchev–Trinajstić information content (AvgIpc) is 2.88. The summed E-state index contributed by atoms with van der Waals surface area (Å²) in [4.78, 5) is 32.9. The molecule has 37 heavy (non-hydrogen) atoms. The largest absolute Gasteiger partial charge is 0.504 e. The van der Waals surface area contributed by atoms with Crippen molar-refractivity contribution in [3.63, 3.8) is 0 Å². The van der Waals surface area contributed by atoms with Gasteiger partial charge in [0.25, 0.3) is 0 Å². The maximum Gasteiger partial charge on any atom is 0.407 e. The maximum atomic E-state index is 13.3. The van der Waals surface area contributed by atoms with E-state index in [-0.39, 0.29) is 35.4 Å². The van der Waals surface area contributed by atoms with Gasteiger partial charge in [-0.2, -0.15) is 0 Å². The van der Waals surface area contributed by atoms with Gasteiger partial charge in [0.1, 0.15) is 17.9 Å². The summed E-state index contributed by atoms with van der Waals surface area (Å²) < 4.78 is 23.3. The molecule has 0 aliphatic rings. The highest BCUT2D eigenvalue weighted by Crippen LogP contribution is 2.34. The Morgan fingerprint density at radius 3 is 2.35 bits per heavy atom. The van der Waals surface area contributed by atoms with E-state index in [0.29, 0.717) is 23.1 Å². The van der Waals surface area contributed by atoms with Crippen LogP contribution >= 0.6 is 0 Å². The number of halogens is 1. The number of hydrogen-bond donors (Lipinski definition) is 2. The van der Waals surface area contributed by atoms with Gasteiger partial charge in [-0.3, -0.25) is 4.98 Å². The Labute approximate surface area is 213 Å². The molecule has 0 bridgehead atoms. The molecule has 2 aromatic carbocycles. The van der Waals surface area contributed by atoms with Crippen molar-refractivity contribution in [1.82, 2.24) is 15.3 Å². The van der Waals surface area contributed by atoms with Gasteiger partial charge >= 0.3 is 12.1 Å². The van der Waals surface area contributed by atoms with Gasteiger partial charge in [0.05, 0.1) is 12.8 Å². The number of hydrogen-bond acceptors (Lipinski definition) is 7. The van der Waals surface area contributed by atoms with E-state index < -0.39 is 12.1 Å². The molecule has 0 aliphatic carbocycles. The van der Waals surface area contributed by atoms with Gasteiger partial charge in [0.2, 0.25) is 0 Å². The molecular weight excluding hydrogens is 477 g/mol. The van der Waals surface area contributed by atoms with Crippen molar-refractivity contribution in [3.05, 3.63) is 89.0 Å². The summed E-state index contributed by atoms with van der Waals surface area (Å²) in [6.07, 6.45) is 1.57. The number of fused-ring (bicyclic) bond motifs is 1. The molecule has 190 valence electrons. The molecule has 9 heteroatoms. The number of ether oxygens (including phenoxy) is 2. The van der Waals surface area contributed by atoms with Gasteiger partial charge in [0.15, 0.2) is 11.4 Å². The smallest absolute Gasteiger partial charge is 0.407 e. The Balaban J connectivity index is 1.72. The van der Waals surface area contributed by atoms with Gasteiger partial charge < -0.3 is 19.9 Å². The number of pyridine rings is 2. The second-order valence-electron chi connectivity index (χ2n) is 8.76. The second-order valence-corrected chi connectivity index (χ2v) is 8.76. The summed E-state index contributed by atoms with van der Waals surface area (Å²) in [7, 11) is 1.21. The Morgan fingerprint density at radius 1 is 1.03 bits per heavy atom. The van der Waals surface area contributed by atoms with Crippen LogP contribution in [0.4, 0.5) is 9.18 Å². The fourth-order valence-electron chi connectivity index (χ4n) is 3.79. The SMILES string of the molecule is COC(=O)c1nc(-c2ccc(COC(=O)NC(C)C)cc2)c2cc(Cc3ccc(F)cc3)cnc2c1O. The molecule has 2 aromatic heterocycles. The highest BCUT2D eigenvalue weighted by Gasteiger charge is 2.22. The number of aromatic nitrogens is 2. The lowest BCUT2D eigenvalue weighted by molar-refractivity contribution is 0.0591. The van der Waals surface area contributed by atoms with Crippen molar-refractivity contribution >= 4 is 23.0 Å². The number of benzene rings is 2. The molecule has 0 unspecified atom stereocenters. The number of aromatic hydroxyl groups is 1. The Morgan fingerprint density at radius 2 is 1.70 bits per heavy atom. The molecule has 4 rings (SSSR count). The number of carbonyl (C=O) groups excluding carboxylic acids is 2. The predicted molar refractivity (Wildman–Crippen MR) is 136 cm³/mol. The molecule has 0 spiro atoms. The minimum atomic E-state index is -0.793. The summed E-state index contributed by atoms with van der Waals surface area (Å²) >= 11 is 0. The third-order valence-corrected chi connectivity index (χ3v) is 5.58. The van der Waals surface area contributed by atoms with E-state index in [9.17, 15) is 19.1 Å². The van der Waals surface area contributed by atoms with Gasteiger partial charge in [0, 0.05) is 23.2 Å². The summed E-state index contributed by atoms with van der Waals surface area (Å²) in [5.41, 5.74) is 3.49. The van der Waals surface area contributed by atoms with E-state index in [2.05, 4.69) is 15.3 Å². The zero-order valence-corrected chi connectivity index (χ0v) is 20.6. The van der Waals surface area contributed by atoms with E-state index >= 15 is 0 Å². The zero-order valence-electron chi connectivity index (χ0n) is 20.6. The fourth-order valence-corrected chi connectivity index (χ4v) is 3.79. The zero-order chi connectivity index (χ0) is 26.5. The van der Waals surface area contributed by atoms with Crippen LogP contribution in [0.25, 0.3) is 22.2 Å². The van der Waals surface area contributed by atoms with Crippen molar-refractivity contribution in [2.24, 2.45) is 0 Å². The van der Waals surface area contributed by atoms with Gasteiger partial charge in [-0.15, -0.1) is 0 Å². The number of nitrogens with one attached hydrogen (secondary N) is 1. The number of alkyl carbamates (subject to hydrolysis) is 1. The number of methoxy groups -OCH3 is 1. The maximum absolute atomic E-state index is 13.3. The molecule has 0 saturated heterocycles. The quantitative estimate of drug-likeness (QED) is 0.336. The molecule has 4 aromatic rings. The first-order valence-electron chi connectivity index (χ1n) is 11.6. The van der Waals surface area contributed by atoms with Crippen LogP contribution in [0.15, 0.2) is 60.8 Å². The number of amides is 1. The lowest BCUT2D eigenvalue weighted by atomic mass is 10.00. The molecule has 0 aliphatic heterocycles. The minimum Gasteiger partial charge on any atom is -0.504 e. The molecule has 0 radical (unpaired) electrons. The van der Waals surface area contributed by atoms with Crippen LogP contribution in [0.1, 0.15) is 41.0 Å². The number of esters is 1. The topological polar surface area (TPSA) is 111 Å². The minimum absolute atomic E-state index is 0.0331. The Kier molecular flexibility index (Phi) is 7.62. The van der Waals surface area contributed by atoms with E-state index in [0.717, 1.165) is 16.7 Å². The van der Waals surface area contributed by atoms with Gasteiger partial charge in [-0.25, -0.2) is 19.0 Å². The summed E-state index contributed by atoms with van der Waals surface area (Å²) in [6.45, 7) is 3.76. The van der Waals surface area contributed by atoms with Crippen LogP contribution < -0.4 is 5.32 Å². The normalized spacial score (nSPS) is 10.9. The van der Waals surface area contributed by atoms with E-state index in [4.69, 9.17) is 9.47 Å². The number of rotatable bonds is 7. The summed E-state index contributed by atoms with van der Waals surface area (Å²) in [6, 6.07) is 15.1. The number of carbonyl (C=O) groups is 2. The Hall–Kier alpha value is -4.53. The molecule has 0 fully saturated rings. The Bertz CT molecular complexity index is 1440. The summed E-state index contributed by atoms with van der Waals surface area (Å²) in [5, 5.41) is 13.9. The molecule has 2 N–H and O–H groups in total. The van der Waals surface area contributed by atoms with Crippen LogP contribution in [-0.2, 0) is 22.5 Å². The van der Waals surface area contributed by atoms with Crippen LogP contribution in [0.2, 0.25) is 0 Å². The van der Waals surface area contributed by atoms with Gasteiger partial charge in [-0.1, -0.05) is 36.4 Å². The fraction of sp³-hybridized carbons (Fsp3) is 0.214. The first-order chi connectivity index (χ1) is 17.7. The molecular formula is C28H26FN3O5. The van der Waals surface area contributed by atoms with Crippen molar-refractivity contribution in [3.8, 4) is 17.0 Å². The van der Waals surface area contributed by atoms with Crippen molar-refractivity contribution in [2.75, 3.05) is 7.11 Å². The average molecular weight is 504 g/mol. The van der Waals surface area contributed by atoms with Crippen LogP contribution in [0.3, 0.4) is 0 Å². The van der Waals surface area contributed by atoms with Crippen molar-refractivity contribution in [2.45, 2.75) is 32.9 Å². The lowest BCUT2D eigenvalue weighted by Crippen LogP contribution is -2.30. The highest BCUT2D eigenvalue weighted by molar-refractivity contribution is 6.03. The molecule has 0 atom stereocenters. The molecule has 2 heterocycles. The van der Waals surface area contributed by atoms with Crippen molar-refractivity contribution < 1.29 is 28.6 Å². The van der Waals surface area contributed by atoms with E-state index in [1.165, 1.54) is 19.2 Å². The van der Waals surface area contributed by atoms with E-state index in [1.807, 2.05) is 19.9 Å². The van der Waals surface area contributed by atoms with Gasteiger partial charge in [-0.05, 0) is 55.2 Å².